The van der Waals surface area contributed by atoms with E-state index in [4.69, 9.17) is 4.74 Å². The maximum absolute atomic E-state index is 5.92. The van der Waals surface area contributed by atoms with E-state index >= 15 is 0 Å². The first-order chi connectivity index (χ1) is 14.9. The highest BCUT2D eigenvalue weighted by Crippen LogP contribution is 2.24. The molecular weight excluding hydrogens is 390 g/mol. The molecule has 30 heavy (non-hydrogen) atoms. The summed E-state index contributed by atoms with van der Waals surface area (Å²) in [7, 11) is 0. The third-order valence-electron chi connectivity index (χ3n) is 5.44. The van der Waals surface area contributed by atoms with E-state index in [1.807, 2.05) is 30.3 Å². The van der Waals surface area contributed by atoms with Gasteiger partial charge in [-0.25, -0.2) is 0 Å². The number of ether oxygens (including phenoxy) is 1. The molecule has 1 aromatic heterocycles. The molecule has 4 rings (SSSR count). The van der Waals surface area contributed by atoms with Crippen LogP contribution in [0.2, 0.25) is 0 Å². The molecule has 0 bridgehead atoms. The molecule has 2 aromatic carbocycles. The largest absolute Gasteiger partial charge is 0.494 e. The van der Waals surface area contributed by atoms with Crippen LogP contribution in [-0.2, 0) is 5.75 Å². The van der Waals surface area contributed by atoms with Crippen LogP contribution in [0.25, 0.3) is 11.3 Å². The molecular formula is C25H29N3OS. The van der Waals surface area contributed by atoms with Crippen LogP contribution in [0.15, 0.2) is 71.8 Å². The summed E-state index contributed by atoms with van der Waals surface area (Å²) >= 11 is 1.70. The number of nitrogens with one attached hydrogen (secondary N) is 1. The Morgan fingerprint density at radius 2 is 1.83 bits per heavy atom. The lowest BCUT2D eigenvalue weighted by Crippen LogP contribution is -2.29. The summed E-state index contributed by atoms with van der Waals surface area (Å²) in [6, 6.07) is 22.7. The Bertz CT molecular complexity index is 879. The zero-order valence-corrected chi connectivity index (χ0v) is 18.1. The molecule has 0 radical (unpaired) electrons. The number of nitrogens with zero attached hydrogens (tertiary/aromatic N) is 2. The highest BCUT2D eigenvalue weighted by molar-refractivity contribution is 7.98. The molecule has 1 atom stereocenters. The van der Waals surface area contributed by atoms with Gasteiger partial charge in [-0.2, -0.15) is 0 Å². The molecule has 1 saturated heterocycles. The monoisotopic (exact) mass is 419 g/mol. The van der Waals surface area contributed by atoms with Crippen LogP contribution < -0.4 is 10.1 Å². The number of aromatic nitrogens is 2. The second-order valence-corrected chi connectivity index (χ2v) is 8.75. The fourth-order valence-electron chi connectivity index (χ4n) is 3.74. The van der Waals surface area contributed by atoms with E-state index in [1.54, 1.807) is 11.8 Å². The van der Waals surface area contributed by atoms with E-state index < -0.39 is 0 Å². The van der Waals surface area contributed by atoms with Crippen LogP contribution >= 0.6 is 11.8 Å². The van der Waals surface area contributed by atoms with Gasteiger partial charge in [-0.15, -0.1) is 10.2 Å². The Hall–Kier alpha value is -2.37. The Labute approximate surface area is 183 Å². The first-order valence-electron chi connectivity index (χ1n) is 10.8. The Balaban J connectivity index is 1.23. The molecule has 1 unspecified atom stereocenters. The smallest absolute Gasteiger partial charge is 0.119 e. The second-order valence-electron chi connectivity index (χ2n) is 7.76. The van der Waals surface area contributed by atoms with Crippen LogP contribution in [0.5, 0.6) is 5.75 Å². The fraction of sp³-hybridized carbons (Fsp3) is 0.360. The summed E-state index contributed by atoms with van der Waals surface area (Å²) in [5.74, 6) is 2.64. The molecule has 0 amide bonds. The predicted molar refractivity (Wildman–Crippen MR) is 124 cm³/mol. The average molecular weight is 420 g/mol. The first-order valence-corrected chi connectivity index (χ1v) is 11.8. The van der Waals surface area contributed by atoms with Gasteiger partial charge in [-0.05, 0) is 86.7 Å². The summed E-state index contributed by atoms with van der Waals surface area (Å²) < 4.78 is 5.92. The van der Waals surface area contributed by atoms with Crippen LogP contribution in [0.1, 0.15) is 31.2 Å². The number of piperidine rings is 1. The molecule has 0 spiro atoms. The lowest BCUT2D eigenvalue weighted by atomic mass is 9.95. The molecule has 0 aliphatic carbocycles. The number of hydrogen-bond donors (Lipinski definition) is 1. The van der Waals surface area contributed by atoms with Gasteiger partial charge >= 0.3 is 0 Å². The lowest BCUT2D eigenvalue weighted by Gasteiger charge is -2.22. The third-order valence-corrected chi connectivity index (χ3v) is 6.44. The number of hydrogen-bond acceptors (Lipinski definition) is 5. The lowest BCUT2D eigenvalue weighted by molar-refractivity contribution is 0.275. The average Bonchev–Trinajstić information content (AvgIpc) is 2.83. The minimum absolute atomic E-state index is 0.781. The highest BCUT2D eigenvalue weighted by atomic mass is 32.2. The molecule has 156 valence electrons. The first kappa shape index (κ1) is 20.9. The third kappa shape index (κ3) is 6.31. The van der Waals surface area contributed by atoms with Gasteiger partial charge in [0.2, 0.25) is 0 Å². The van der Waals surface area contributed by atoms with Gasteiger partial charge in [0, 0.05) is 11.3 Å². The van der Waals surface area contributed by atoms with Crippen molar-refractivity contribution in [3.8, 4) is 17.0 Å². The number of thioether (sulfide) groups is 1. The Morgan fingerprint density at radius 3 is 2.57 bits per heavy atom. The summed E-state index contributed by atoms with van der Waals surface area (Å²) in [6.45, 7) is 3.13. The molecule has 1 N–H and O–H groups in total. The molecule has 1 aliphatic rings. The quantitative estimate of drug-likeness (QED) is 0.362. The zero-order chi connectivity index (χ0) is 20.4. The van der Waals surface area contributed by atoms with Crippen molar-refractivity contribution in [3.63, 3.8) is 0 Å². The maximum Gasteiger partial charge on any atom is 0.119 e. The minimum Gasteiger partial charge on any atom is -0.494 e. The van der Waals surface area contributed by atoms with Gasteiger partial charge in [-0.1, -0.05) is 42.1 Å². The molecule has 2 heterocycles. The van der Waals surface area contributed by atoms with E-state index in [2.05, 4.69) is 51.9 Å². The van der Waals surface area contributed by atoms with E-state index in [9.17, 15) is 0 Å². The standard InChI is InChI=1S/C25H29N3OS/c1-2-6-21(7-3-1)19-30-25-15-14-24(27-28-25)22-10-12-23(13-11-22)29-17-5-9-20-8-4-16-26-18-20/h1-3,6-7,10-15,20,26H,4-5,8-9,16-19H2. The second kappa shape index (κ2) is 11.1. The van der Waals surface area contributed by atoms with Gasteiger partial charge in [-0.3, -0.25) is 0 Å². The Morgan fingerprint density at radius 1 is 0.967 bits per heavy atom. The summed E-state index contributed by atoms with van der Waals surface area (Å²) in [5, 5.41) is 13.2. The van der Waals surface area contributed by atoms with E-state index in [0.717, 1.165) is 46.7 Å². The Kier molecular flexibility index (Phi) is 7.75. The van der Waals surface area contributed by atoms with E-state index in [-0.39, 0.29) is 0 Å². The number of benzene rings is 2. The van der Waals surface area contributed by atoms with Crippen molar-refractivity contribution < 1.29 is 4.74 Å². The van der Waals surface area contributed by atoms with Crippen molar-refractivity contribution in [1.29, 1.82) is 0 Å². The van der Waals surface area contributed by atoms with E-state index in [0.29, 0.717) is 0 Å². The van der Waals surface area contributed by atoms with Crippen molar-refractivity contribution >= 4 is 11.8 Å². The van der Waals surface area contributed by atoms with Crippen LogP contribution in [0.3, 0.4) is 0 Å². The topological polar surface area (TPSA) is 47.0 Å². The fourth-order valence-corrected chi connectivity index (χ4v) is 4.51. The van der Waals surface area contributed by atoms with Gasteiger partial charge in [0.1, 0.15) is 10.8 Å². The van der Waals surface area contributed by atoms with Crippen LogP contribution in [0.4, 0.5) is 0 Å². The van der Waals surface area contributed by atoms with Gasteiger partial charge in [0.05, 0.1) is 12.3 Å². The van der Waals surface area contributed by atoms with Gasteiger partial charge in [0.25, 0.3) is 0 Å². The van der Waals surface area contributed by atoms with Gasteiger partial charge in [0.15, 0.2) is 0 Å². The van der Waals surface area contributed by atoms with Gasteiger partial charge < -0.3 is 10.1 Å². The van der Waals surface area contributed by atoms with E-state index in [1.165, 1.54) is 37.9 Å². The zero-order valence-electron chi connectivity index (χ0n) is 17.3. The van der Waals surface area contributed by atoms with Crippen molar-refractivity contribution in [2.24, 2.45) is 5.92 Å². The normalized spacial score (nSPS) is 16.3. The van der Waals surface area contributed by atoms with Crippen LogP contribution in [0, 0.1) is 5.92 Å². The van der Waals surface area contributed by atoms with Crippen molar-refractivity contribution in [1.82, 2.24) is 15.5 Å². The molecule has 1 aliphatic heterocycles. The minimum atomic E-state index is 0.781. The van der Waals surface area contributed by atoms with Crippen molar-refractivity contribution in [2.75, 3.05) is 19.7 Å². The molecule has 3 aromatic rings. The number of rotatable bonds is 9. The molecule has 1 fully saturated rings. The summed E-state index contributed by atoms with van der Waals surface area (Å²) in [5.41, 5.74) is 3.23. The predicted octanol–water partition coefficient (Wildman–Crippen LogP) is 5.59. The molecule has 0 saturated carbocycles. The summed E-state index contributed by atoms with van der Waals surface area (Å²) in [4.78, 5) is 0. The molecule has 5 heteroatoms. The summed E-state index contributed by atoms with van der Waals surface area (Å²) in [6.07, 6.45) is 5.02. The maximum atomic E-state index is 5.92. The molecule has 4 nitrogen and oxygen atoms in total. The van der Waals surface area contributed by atoms with Crippen LogP contribution in [-0.4, -0.2) is 29.9 Å². The van der Waals surface area contributed by atoms with Crippen molar-refractivity contribution in [2.45, 2.75) is 36.5 Å². The highest BCUT2D eigenvalue weighted by Gasteiger charge is 2.12. The van der Waals surface area contributed by atoms with Crippen molar-refractivity contribution in [3.05, 3.63) is 72.3 Å². The SMILES string of the molecule is c1ccc(CSc2ccc(-c3ccc(OCCCC4CCCNC4)cc3)nn2)cc1.